The maximum atomic E-state index is 13.0. The third-order valence-electron chi connectivity index (χ3n) is 4.59. The number of hydrogen-bond donors (Lipinski definition) is 0. The zero-order valence-corrected chi connectivity index (χ0v) is 16.5. The van der Waals surface area contributed by atoms with Gasteiger partial charge in [0.15, 0.2) is 11.5 Å². The maximum absolute atomic E-state index is 13.0. The summed E-state index contributed by atoms with van der Waals surface area (Å²) in [6, 6.07) is 5.18. The van der Waals surface area contributed by atoms with E-state index in [9.17, 15) is 9.59 Å². The van der Waals surface area contributed by atoms with Crippen molar-refractivity contribution in [2.75, 3.05) is 46.1 Å². The number of esters is 1. The summed E-state index contributed by atoms with van der Waals surface area (Å²) in [5.41, 5.74) is 0.533. The number of ether oxygens (including phenoxy) is 3. The molecule has 1 aliphatic heterocycles. The molecule has 0 aliphatic carbocycles. The Morgan fingerprint density at radius 2 is 1.78 bits per heavy atom. The lowest BCUT2D eigenvalue weighted by Crippen LogP contribution is -2.36. The van der Waals surface area contributed by atoms with Crippen LogP contribution in [0.25, 0.3) is 0 Å². The van der Waals surface area contributed by atoms with Crippen LogP contribution in [0.1, 0.15) is 44.0 Å². The van der Waals surface area contributed by atoms with E-state index in [1.807, 2.05) is 0 Å². The molecule has 0 N–H and O–H groups in total. The Bertz CT molecular complexity index is 631. The zero-order valence-electron chi connectivity index (χ0n) is 16.5. The van der Waals surface area contributed by atoms with E-state index in [2.05, 4.69) is 18.7 Å². The standard InChI is InChI=1S/C20H30N2O5/c1-4-21(5-2)11-7-12-22(13-10-19(23)25-6-3)20(24)16-8-9-17-18(14-16)27-15-26-17/h8-9,14H,4-7,10-13,15H2,1-3H3. The van der Waals surface area contributed by atoms with Crippen molar-refractivity contribution in [3.63, 3.8) is 0 Å². The summed E-state index contributed by atoms with van der Waals surface area (Å²) in [7, 11) is 0. The summed E-state index contributed by atoms with van der Waals surface area (Å²) in [6.07, 6.45) is 1.04. The first-order valence-corrected chi connectivity index (χ1v) is 9.65. The molecular weight excluding hydrogens is 348 g/mol. The fourth-order valence-corrected chi connectivity index (χ4v) is 3.01. The van der Waals surface area contributed by atoms with E-state index in [0.29, 0.717) is 36.8 Å². The third-order valence-corrected chi connectivity index (χ3v) is 4.59. The first kappa shape index (κ1) is 21.0. The van der Waals surface area contributed by atoms with Gasteiger partial charge in [0.2, 0.25) is 6.79 Å². The molecule has 7 nitrogen and oxygen atoms in total. The average Bonchev–Trinajstić information content (AvgIpc) is 3.15. The number of hydrogen-bond acceptors (Lipinski definition) is 6. The highest BCUT2D eigenvalue weighted by atomic mass is 16.7. The molecule has 1 aromatic rings. The van der Waals surface area contributed by atoms with Crippen LogP contribution in [0, 0.1) is 0 Å². The van der Waals surface area contributed by atoms with Crippen molar-refractivity contribution >= 4 is 11.9 Å². The quantitative estimate of drug-likeness (QED) is 0.551. The van der Waals surface area contributed by atoms with Gasteiger partial charge in [-0.2, -0.15) is 0 Å². The van der Waals surface area contributed by atoms with Crippen molar-refractivity contribution < 1.29 is 23.8 Å². The van der Waals surface area contributed by atoms with Gasteiger partial charge in [0.05, 0.1) is 13.0 Å². The number of carbonyl (C=O) groups excluding carboxylic acids is 2. The summed E-state index contributed by atoms with van der Waals surface area (Å²) in [4.78, 5) is 28.8. The second-order valence-corrected chi connectivity index (χ2v) is 6.30. The van der Waals surface area contributed by atoms with Crippen LogP contribution >= 0.6 is 0 Å². The van der Waals surface area contributed by atoms with E-state index in [1.54, 1.807) is 30.0 Å². The molecule has 150 valence electrons. The Kier molecular flexibility index (Phi) is 8.39. The topological polar surface area (TPSA) is 68.3 Å². The van der Waals surface area contributed by atoms with Crippen molar-refractivity contribution in [1.82, 2.24) is 9.80 Å². The van der Waals surface area contributed by atoms with E-state index in [-0.39, 0.29) is 25.1 Å². The molecule has 7 heteroatoms. The van der Waals surface area contributed by atoms with Crippen LogP contribution < -0.4 is 9.47 Å². The normalized spacial score (nSPS) is 12.3. The van der Waals surface area contributed by atoms with Crippen LogP contribution in [-0.2, 0) is 9.53 Å². The van der Waals surface area contributed by atoms with E-state index >= 15 is 0 Å². The average molecular weight is 378 g/mol. The third kappa shape index (κ3) is 6.13. The molecule has 2 rings (SSSR count). The van der Waals surface area contributed by atoms with E-state index in [1.165, 1.54) is 0 Å². The fourth-order valence-electron chi connectivity index (χ4n) is 3.01. The van der Waals surface area contributed by atoms with Gasteiger partial charge in [0.25, 0.3) is 5.91 Å². The van der Waals surface area contributed by atoms with Gasteiger partial charge in [-0.25, -0.2) is 0 Å². The van der Waals surface area contributed by atoms with Crippen molar-refractivity contribution in [2.24, 2.45) is 0 Å². The number of amides is 1. The Balaban J connectivity index is 2.02. The molecule has 0 bridgehead atoms. The molecule has 1 aromatic carbocycles. The lowest BCUT2D eigenvalue weighted by atomic mass is 10.1. The first-order chi connectivity index (χ1) is 13.1. The summed E-state index contributed by atoms with van der Waals surface area (Å²) < 4.78 is 15.7. The van der Waals surface area contributed by atoms with Gasteiger partial charge >= 0.3 is 5.97 Å². The molecule has 1 heterocycles. The van der Waals surface area contributed by atoms with Crippen LogP contribution in [0.4, 0.5) is 0 Å². The number of fused-ring (bicyclic) bond motifs is 1. The molecule has 0 spiro atoms. The number of nitrogens with zero attached hydrogens (tertiary/aromatic N) is 2. The van der Waals surface area contributed by atoms with Crippen molar-refractivity contribution in [1.29, 1.82) is 0 Å². The van der Waals surface area contributed by atoms with Crippen LogP contribution in [0.5, 0.6) is 11.5 Å². The minimum atomic E-state index is -0.287. The van der Waals surface area contributed by atoms with Gasteiger partial charge in [0, 0.05) is 18.7 Å². The molecule has 0 saturated carbocycles. The smallest absolute Gasteiger partial charge is 0.307 e. The predicted octanol–water partition coefficient (Wildman–Crippen LogP) is 2.54. The highest BCUT2D eigenvalue weighted by molar-refractivity contribution is 5.95. The van der Waals surface area contributed by atoms with Crippen LogP contribution in [0.3, 0.4) is 0 Å². The van der Waals surface area contributed by atoms with Gasteiger partial charge in [-0.1, -0.05) is 13.8 Å². The lowest BCUT2D eigenvalue weighted by molar-refractivity contribution is -0.143. The largest absolute Gasteiger partial charge is 0.466 e. The number of rotatable bonds is 11. The van der Waals surface area contributed by atoms with Gasteiger partial charge in [-0.3, -0.25) is 9.59 Å². The van der Waals surface area contributed by atoms with Crippen LogP contribution in [0.15, 0.2) is 18.2 Å². The molecule has 0 radical (unpaired) electrons. The Hall–Kier alpha value is -2.28. The Morgan fingerprint density at radius 1 is 1.04 bits per heavy atom. The Labute approximate surface area is 161 Å². The number of benzene rings is 1. The molecule has 0 unspecified atom stereocenters. The van der Waals surface area contributed by atoms with Crippen molar-refractivity contribution in [2.45, 2.75) is 33.6 Å². The van der Waals surface area contributed by atoms with E-state index in [0.717, 1.165) is 26.1 Å². The first-order valence-electron chi connectivity index (χ1n) is 9.65. The lowest BCUT2D eigenvalue weighted by Gasteiger charge is -2.25. The van der Waals surface area contributed by atoms with E-state index < -0.39 is 0 Å². The SMILES string of the molecule is CCOC(=O)CCN(CCCN(CC)CC)C(=O)c1ccc2c(c1)OCO2. The van der Waals surface area contributed by atoms with Gasteiger partial charge in [0.1, 0.15) is 0 Å². The molecule has 27 heavy (non-hydrogen) atoms. The molecule has 0 fully saturated rings. The van der Waals surface area contributed by atoms with Crippen LogP contribution in [0.2, 0.25) is 0 Å². The summed E-state index contributed by atoms with van der Waals surface area (Å²) in [5.74, 6) is 0.822. The monoisotopic (exact) mass is 378 g/mol. The molecule has 1 aliphatic rings. The molecule has 0 aromatic heterocycles. The van der Waals surface area contributed by atoms with Crippen molar-refractivity contribution in [3.8, 4) is 11.5 Å². The minimum Gasteiger partial charge on any atom is -0.466 e. The highest BCUT2D eigenvalue weighted by Gasteiger charge is 2.21. The van der Waals surface area contributed by atoms with Gasteiger partial charge in [-0.05, 0) is 51.2 Å². The summed E-state index contributed by atoms with van der Waals surface area (Å²) in [6.45, 7) is 10.3. The second kappa shape index (κ2) is 10.8. The molecule has 1 amide bonds. The van der Waals surface area contributed by atoms with E-state index in [4.69, 9.17) is 14.2 Å². The fraction of sp³-hybridized carbons (Fsp3) is 0.600. The van der Waals surface area contributed by atoms with Crippen molar-refractivity contribution in [3.05, 3.63) is 23.8 Å². The summed E-state index contributed by atoms with van der Waals surface area (Å²) in [5, 5.41) is 0. The van der Waals surface area contributed by atoms with Gasteiger partial charge in [-0.15, -0.1) is 0 Å². The highest BCUT2D eigenvalue weighted by Crippen LogP contribution is 2.32. The maximum Gasteiger partial charge on any atom is 0.307 e. The summed E-state index contributed by atoms with van der Waals surface area (Å²) >= 11 is 0. The molecule has 0 atom stereocenters. The Morgan fingerprint density at radius 3 is 2.48 bits per heavy atom. The number of carbonyl (C=O) groups is 2. The minimum absolute atomic E-state index is 0.114. The molecule has 0 saturated heterocycles. The van der Waals surface area contributed by atoms with Gasteiger partial charge < -0.3 is 24.0 Å². The predicted molar refractivity (Wildman–Crippen MR) is 102 cm³/mol. The molecular formula is C20H30N2O5. The second-order valence-electron chi connectivity index (χ2n) is 6.30. The van der Waals surface area contributed by atoms with Crippen LogP contribution in [-0.4, -0.2) is 67.8 Å². The zero-order chi connectivity index (χ0) is 19.6.